The lowest BCUT2D eigenvalue weighted by molar-refractivity contribution is -0.0722. The Labute approximate surface area is 271 Å². The molecule has 2 saturated heterocycles. The van der Waals surface area contributed by atoms with E-state index in [-0.39, 0.29) is 6.10 Å². The zero-order chi connectivity index (χ0) is 30.8. The Bertz CT molecular complexity index is 1910. The van der Waals surface area contributed by atoms with Crippen LogP contribution >= 0.6 is 11.6 Å². The first-order valence-electron chi connectivity index (χ1n) is 16.2. The predicted molar refractivity (Wildman–Crippen MR) is 171 cm³/mol. The second-order valence-corrected chi connectivity index (χ2v) is 13.5. The minimum Gasteiger partial charge on any atom is -0.443 e. The fraction of sp³-hybridized carbons (Fsp3) is 0.441. The van der Waals surface area contributed by atoms with Gasteiger partial charge in [0, 0.05) is 43.0 Å². The molecule has 46 heavy (non-hydrogen) atoms. The molecule has 5 aromatic rings. The summed E-state index contributed by atoms with van der Waals surface area (Å²) in [4.78, 5) is 21.7. The lowest BCUT2D eigenvalue weighted by Crippen LogP contribution is -2.35. The highest BCUT2D eigenvalue weighted by molar-refractivity contribution is 6.30. The molecular formula is C34H35ClN8O3. The molecule has 1 aliphatic carbocycles. The van der Waals surface area contributed by atoms with Crippen LogP contribution in [0, 0.1) is 0 Å². The fourth-order valence-electron chi connectivity index (χ4n) is 6.89. The number of aromatic amines is 1. The van der Waals surface area contributed by atoms with Crippen molar-refractivity contribution >= 4 is 22.8 Å². The maximum absolute atomic E-state index is 6.50. The van der Waals surface area contributed by atoms with Crippen molar-refractivity contribution in [1.29, 1.82) is 0 Å². The van der Waals surface area contributed by atoms with E-state index < -0.39 is 5.79 Å². The van der Waals surface area contributed by atoms with Gasteiger partial charge in [-0.1, -0.05) is 23.7 Å². The number of aromatic nitrogens is 7. The van der Waals surface area contributed by atoms with Gasteiger partial charge in [-0.15, -0.1) is 0 Å². The lowest BCUT2D eigenvalue weighted by atomic mass is 9.88. The number of benzene rings is 1. The Morgan fingerprint density at radius 3 is 2.61 bits per heavy atom. The molecule has 7 heterocycles. The van der Waals surface area contributed by atoms with Gasteiger partial charge in [0.05, 0.1) is 24.2 Å². The van der Waals surface area contributed by atoms with Crippen LogP contribution in [0.15, 0.2) is 48.8 Å². The summed E-state index contributed by atoms with van der Waals surface area (Å²) in [5, 5.41) is 8.15. The number of halogens is 1. The Balaban J connectivity index is 0.924. The monoisotopic (exact) mass is 638 g/mol. The maximum atomic E-state index is 6.50. The van der Waals surface area contributed by atoms with Crippen LogP contribution in [0.2, 0.25) is 5.02 Å². The van der Waals surface area contributed by atoms with E-state index in [4.69, 9.17) is 40.8 Å². The number of piperidine rings is 1. The van der Waals surface area contributed by atoms with E-state index >= 15 is 0 Å². The summed E-state index contributed by atoms with van der Waals surface area (Å²) in [6, 6.07) is 11.9. The van der Waals surface area contributed by atoms with Gasteiger partial charge in [-0.3, -0.25) is 15.0 Å². The Kier molecular flexibility index (Phi) is 6.76. The standard InChI is InChI=1S/C34H35ClN8O3/c1-34(28-8-7-23(35)17-36-28)45-27-4-2-3-25(30(27)46-34)20-9-12-42(13-10-20)19-29-38-26-15-22(32-39-31(40-41-32)21-5-6-21)16-37-33(26)43(29)18-24-11-14-44-24/h2-4,7-8,15-17,20-21,24H,5-6,9-14,18-19H2,1H3,(H,39,40,41)/t24-,34?/m0/s1. The van der Waals surface area contributed by atoms with Crippen molar-refractivity contribution in [1.82, 2.24) is 39.6 Å². The first-order valence-corrected chi connectivity index (χ1v) is 16.6. The van der Waals surface area contributed by atoms with E-state index in [0.29, 0.717) is 28.4 Å². The van der Waals surface area contributed by atoms with Crippen molar-refractivity contribution in [3.63, 3.8) is 0 Å². The van der Waals surface area contributed by atoms with Crippen LogP contribution in [0.25, 0.3) is 22.6 Å². The number of imidazole rings is 1. The summed E-state index contributed by atoms with van der Waals surface area (Å²) < 4.78 is 20.9. The highest BCUT2D eigenvalue weighted by Crippen LogP contribution is 2.49. The number of rotatable bonds is 8. The topological polar surface area (TPSA) is 116 Å². The SMILES string of the molecule is CC1(c2ccc(Cl)cn2)Oc2cccc(C3CCN(Cc4nc5cc(-c6n[nH]c(C7CC7)n6)cnc5n4C[C@@H]4CCO4)CC3)c2O1. The number of nitrogens with one attached hydrogen (secondary N) is 1. The van der Waals surface area contributed by atoms with Crippen LogP contribution in [0.1, 0.15) is 73.8 Å². The molecule has 3 fully saturated rings. The molecule has 1 saturated carbocycles. The van der Waals surface area contributed by atoms with Crippen LogP contribution in [0.3, 0.4) is 0 Å². The van der Waals surface area contributed by atoms with E-state index in [9.17, 15) is 0 Å². The summed E-state index contributed by atoms with van der Waals surface area (Å²) in [6.45, 7) is 6.15. The van der Waals surface area contributed by atoms with E-state index in [0.717, 1.165) is 91.9 Å². The molecular weight excluding hydrogens is 604 g/mol. The van der Waals surface area contributed by atoms with Crippen molar-refractivity contribution in [3.8, 4) is 22.9 Å². The molecule has 4 aliphatic rings. The van der Waals surface area contributed by atoms with Gasteiger partial charge >= 0.3 is 0 Å². The molecule has 0 radical (unpaired) electrons. The van der Waals surface area contributed by atoms with Gasteiger partial charge in [0.25, 0.3) is 5.79 Å². The smallest absolute Gasteiger partial charge is 0.292 e. The summed E-state index contributed by atoms with van der Waals surface area (Å²) in [7, 11) is 0. The van der Waals surface area contributed by atoms with E-state index in [2.05, 4.69) is 42.8 Å². The molecule has 0 bridgehead atoms. The van der Waals surface area contributed by atoms with E-state index in [1.54, 1.807) is 6.20 Å². The minimum absolute atomic E-state index is 0.202. The Morgan fingerprint density at radius 1 is 0.978 bits per heavy atom. The van der Waals surface area contributed by atoms with Crippen molar-refractivity contribution in [2.24, 2.45) is 0 Å². The zero-order valence-electron chi connectivity index (χ0n) is 25.7. The van der Waals surface area contributed by atoms with Crippen molar-refractivity contribution < 1.29 is 14.2 Å². The average molecular weight is 639 g/mol. The average Bonchev–Trinajstić information content (AvgIpc) is 3.51. The molecule has 2 atom stereocenters. The molecule has 3 aliphatic heterocycles. The fourth-order valence-corrected chi connectivity index (χ4v) is 7.00. The summed E-state index contributed by atoms with van der Waals surface area (Å²) >= 11 is 6.08. The van der Waals surface area contributed by atoms with Gasteiger partial charge in [-0.25, -0.2) is 15.0 Å². The molecule has 1 unspecified atom stereocenters. The number of pyridine rings is 2. The normalized spacial score (nSPS) is 23.2. The van der Waals surface area contributed by atoms with Gasteiger partial charge in [-0.05, 0) is 75.4 Å². The van der Waals surface area contributed by atoms with Crippen LogP contribution in [-0.4, -0.2) is 65.4 Å². The summed E-state index contributed by atoms with van der Waals surface area (Å²) in [5.74, 6) is 4.14. The third-order valence-electron chi connectivity index (χ3n) is 9.76. The highest BCUT2D eigenvalue weighted by Gasteiger charge is 2.42. The molecule has 1 aromatic carbocycles. The van der Waals surface area contributed by atoms with Crippen molar-refractivity contribution in [3.05, 3.63) is 76.7 Å². The van der Waals surface area contributed by atoms with E-state index in [1.165, 1.54) is 18.4 Å². The second-order valence-electron chi connectivity index (χ2n) is 13.0. The summed E-state index contributed by atoms with van der Waals surface area (Å²) in [6.07, 6.45) is 9.14. The number of ether oxygens (including phenoxy) is 3. The third-order valence-corrected chi connectivity index (χ3v) is 9.99. The number of likely N-dealkylation sites (tertiary alicyclic amines) is 1. The van der Waals surface area contributed by atoms with Crippen LogP contribution in [0.4, 0.5) is 0 Å². The molecule has 12 heteroatoms. The first-order chi connectivity index (χ1) is 22.5. The molecule has 236 valence electrons. The van der Waals surface area contributed by atoms with Crippen LogP contribution in [0.5, 0.6) is 11.5 Å². The summed E-state index contributed by atoms with van der Waals surface area (Å²) in [5.41, 5.74) is 4.52. The number of nitrogens with zero attached hydrogens (tertiary/aromatic N) is 7. The zero-order valence-corrected chi connectivity index (χ0v) is 26.4. The first kappa shape index (κ1) is 28.2. The second kappa shape index (κ2) is 11.0. The predicted octanol–water partition coefficient (Wildman–Crippen LogP) is 5.95. The minimum atomic E-state index is -0.992. The van der Waals surface area contributed by atoms with Crippen molar-refractivity contribution in [2.75, 3.05) is 19.7 Å². The third kappa shape index (κ3) is 5.10. The maximum Gasteiger partial charge on any atom is 0.292 e. The number of para-hydroxylation sites is 1. The number of hydrogen-bond donors (Lipinski definition) is 1. The molecule has 0 spiro atoms. The van der Waals surface area contributed by atoms with E-state index in [1.807, 2.05) is 31.3 Å². The molecule has 11 nitrogen and oxygen atoms in total. The highest BCUT2D eigenvalue weighted by atomic mass is 35.5. The van der Waals surface area contributed by atoms with Gasteiger partial charge in [0.15, 0.2) is 23.0 Å². The molecule has 4 aromatic heterocycles. The van der Waals surface area contributed by atoms with Crippen LogP contribution in [-0.2, 0) is 23.6 Å². The number of hydrogen-bond acceptors (Lipinski definition) is 9. The lowest BCUT2D eigenvalue weighted by Gasteiger charge is -2.33. The molecule has 9 rings (SSSR count). The van der Waals surface area contributed by atoms with Crippen LogP contribution < -0.4 is 9.47 Å². The van der Waals surface area contributed by atoms with Gasteiger partial charge in [0.2, 0.25) is 0 Å². The van der Waals surface area contributed by atoms with Crippen molar-refractivity contribution in [2.45, 2.75) is 75.8 Å². The van der Waals surface area contributed by atoms with Gasteiger partial charge < -0.3 is 18.8 Å². The Hall–Kier alpha value is -4.06. The molecule has 1 N–H and O–H groups in total. The van der Waals surface area contributed by atoms with Gasteiger partial charge in [-0.2, -0.15) is 5.10 Å². The number of H-pyrrole nitrogens is 1. The largest absolute Gasteiger partial charge is 0.443 e. The molecule has 0 amide bonds. The Morgan fingerprint density at radius 2 is 1.85 bits per heavy atom. The quantitative estimate of drug-likeness (QED) is 0.220. The van der Waals surface area contributed by atoms with Gasteiger partial charge in [0.1, 0.15) is 22.9 Å². The number of fused-ring (bicyclic) bond motifs is 2.